The number of H-pyrrole nitrogens is 1. The number of nitrogens with zero attached hydrogens (tertiary/aromatic N) is 3. The van der Waals surface area contributed by atoms with Crippen LogP contribution in [0.3, 0.4) is 0 Å². The number of hydrogen-bond donors (Lipinski definition) is 2. The first-order chi connectivity index (χ1) is 9.66. The summed E-state index contributed by atoms with van der Waals surface area (Å²) in [5.74, 6) is -1.09. The van der Waals surface area contributed by atoms with Gasteiger partial charge in [-0.1, -0.05) is 35.5 Å². The first kappa shape index (κ1) is 14.0. The maximum atomic E-state index is 12.6. The highest BCUT2D eigenvalue weighted by molar-refractivity contribution is 5.83. The molecule has 0 aliphatic heterocycles. The van der Waals surface area contributed by atoms with Gasteiger partial charge in [0.2, 0.25) is 12.3 Å². The maximum absolute atomic E-state index is 12.6. The lowest BCUT2D eigenvalue weighted by molar-refractivity contribution is -0.123. The number of carbonyl (C=O) groups is 1. The summed E-state index contributed by atoms with van der Waals surface area (Å²) in [6.07, 6.45) is -3.08. The normalized spacial score (nSPS) is 12.3. The number of nitrogens with one attached hydrogen (secondary N) is 2. The number of rotatable bonds is 6. The molecule has 1 aromatic carbocycles. The quantitative estimate of drug-likeness (QED) is 0.834. The number of halogens is 2. The summed E-state index contributed by atoms with van der Waals surface area (Å²) in [6, 6.07) is 8.49. The Bertz CT molecular complexity index is 532. The number of hydrogen-bond acceptors (Lipinski definition) is 4. The van der Waals surface area contributed by atoms with Crippen molar-refractivity contribution in [3.8, 4) is 0 Å². The van der Waals surface area contributed by atoms with Gasteiger partial charge >= 0.3 is 0 Å². The van der Waals surface area contributed by atoms with Crippen molar-refractivity contribution < 1.29 is 13.6 Å². The topological polar surface area (TPSA) is 83.6 Å². The minimum absolute atomic E-state index is 0.0436. The van der Waals surface area contributed by atoms with E-state index < -0.39 is 24.7 Å². The molecule has 0 saturated heterocycles. The van der Waals surface area contributed by atoms with Crippen molar-refractivity contribution >= 4 is 5.91 Å². The molecule has 1 unspecified atom stereocenters. The Morgan fingerprint density at radius 3 is 2.65 bits per heavy atom. The van der Waals surface area contributed by atoms with Crippen LogP contribution in [0, 0.1) is 0 Å². The molecule has 0 aliphatic rings. The third-order valence-electron chi connectivity index (χ3n) is 2.74. The second kappa shape index (κ2) is 6.69. The van der Waals surface area contributed by atoms with E-state index in [0.29, 0.717) is 11.4 Å². The number of aromatic amines is 1. The van der Waals surface area contributed by atoms with Gasteiger partial charge in [0, 0.05) is 6.42 Å². The summed E-state index contributed by atoms with van der Waals surface area (Å²) in [4.78, 5) is 12.0. The zero-order valence-electron chi connectivity index (χ0n) is 10.5. The van der Waals surface area contributed by atoms with Gasteiger partial charge in [0.05, 0.1) is 12.5 Å². The monoisotopic (exact) mass is 281 g/mol. The standard InChI is InChI=1S/C12H13F2N5O/c13-10(14)6-9(8-4-2-1-3-5-8)12(20)15-7-11-16-18-19-17-11/h1-5,9-10H,6-7H2,(H,15,20)(H,16,17,18,19). The highest BCUT2D eigenvalue weighted by Gasteiger charge is 2.24. The van der Waals surface area contributed by atoms with Gasteiger partial charge in [-0.2, -0.15) is 5.21 Å². The lowest BCUT2D eigenvalue weighted by Gasteiger charge is -2.16. The molecule has 20 heavy (non-hydrogen) atoms. The molecule has 1 aromatic heterocycles. The van der Waals surface area contributed by atoms with Gasteiger partial charge in [0.15, 0.2) is 5.82 Å². The third-order valence-corrected chi connectivity index (χ3v) is 2.74. The number of carbonyl (C=O) groups excluding carboxylic acids is 1. The molecular weight excluding hydrogens is 268 g/mol. The van der Waals surface area contributed by atoms with Crippen LogP contribution in [0.15, 0.2) is 30.3 Å². The molecule has 0 spiro atoms. The van der Waals surface area contributed by atoms with Gasteiger partial charge in [-0.15, -0.1) is 10.2 Å². The van der Waals surface area contributed by atoms with Crippen LogP contribution >= 0.6 is 0 Å². The number of tetrazole rings is 1. The first-order valence-corrected chi connectivity index (χ1v) is 6.00. The smallest absolute Gasteiger partial charge is 0.239 e. The molecule has 0 radical (unpaired) electrons. The van der Waals surface area contributed by atoms with E-state index in [1.807, 2.05) is 0 Å². The SMILES string of the molecule is O=C(NCc1nn[nH]n1)C(CC(F)F)c1ccccc1. The van der Waals surface area contributed by atoms with E-state index in [-0.39, 0.29) is 6.54 Å². The predicted molar refractivity (Wildman–Crippen MR) is 65.8 cm³/mol. The Morgan fingerprint density at radius 1 is 1.30 bits per heavy atom. The summed E-state index contributed by atoms with van der Waals surface area (Å²) in [7, 11) is 0. The summed E-state index contributed by atoms with van der Waals surface area (Å²) in [6.45, 7) is 0.0436. The fourth-order valence-corrected chi connectivity index (χ4v) is 1.80. The zero-order valence-corrected chi connectivity index (χ0v) is 10.5. The Balaban J connectivity index is 2.04. The average molecular weight is 281 g/mol. The van der Waals surface area contributed by atoms with Crippen LogP contribution in [0.2, 0.25) is 0 Å². The maximum Gasteiger partial charge on any atom is 0.239 e. The molecule has 1 amide bonds. The summed E-state index contributed by atoms with van der Waals surface area (Å²) >= 11 is 0. The Labute approximate surface area is 113 Å². The van der Waals surface area contributed by atoms with Crippen LogP contribution in [0.4, 0.5) is 8.78 Å². The lowest BCUT2D eigenvalue weighted by atomic mass is 9.95. The Morgan fingerprint density at radius 2 is 2.05 bits per heavy atom. The van der Waals surface area contributed by atoms with Gasteiger partial charge in [0.1, 0.15) is 0 Å². The van der Waals surface area contributed by atoms with Gasteiger partial charge < -0.3 is 5.32 Å². The molecule has 2 aromatic rings. The fraction of sp³-hybridized carbons (Fsp3) is 0.333. The summed E-state index contributed by atoms with van der Waals surface area (Å²) in [5, 5.41) is 15.5. The van der Waals surface area contributed by atoms with Crippen molar-refractivity contribution in [3.05, 3.63) is 41.7 Å². The van der Waals surface area contributed by atoms with Crippen molar-refractivity contribution in [2.45, 2.75) is 25.3 Å². The van der Waals surface area contributed by atoms with Gasteiger partial charge in [-0.3, -0.25) is 4.79 Å². The second-order valence-corrected chi connectivity index (χ2v) is 4.14. The van der Waals surface area contributed by atoms with E-state index in [1.165, 1.54) is 0 Å². The number of benzene rings is 1. The minimum Gasteiger partial charge on any atom is -0.348 e. The number of alkyl halides is 2. The van der Waals surface area contributed by atoms with Crippen LogP contribution in [0.25, 0.3) is 0 Å². The van der Waals surface area contributed by atoms with E-state index in [9.17, 15) is 13.6 Å². The molecular formula is C12H13F2N5O. The van der Waals surface area contributed by atoms with Gasteiger partial charge in [-0.25, -0.2) is 8.78 Å². The van der Waals surface area contributed by atoms with Gasteiger partial charge in [0.25, 0.3) is 0 Å². The van der Waals surface area contributed by atoms with Crippen molar-refractivity contribution in [2.75, 3.05) is 0 Å². The van der Waals surface area contributed by atoms with Crippen molar-refractivity contribution in [1.82, 2.24) is 25.9 Å². The molecule has 6 nitrogen and oxygen atoms in total. The first-order valence-electron chi connectivity index (χ1n) is 6.00. The molecule has 1 atom stereocenters. The van der Waals surface area contributed by atoms with Crippen molar-refractivity contribution in [1.29, 1.82) is 0 Å². The van der Waals surface area contributed by atoms with Crippen LogP contribution < -0.4 is 5.32 Å². The molecule has 2 rings (SSSR count). The average Bonchev–Trinajstić information content (AvgIpc) is 2.96. The highest BCUT2D eigenvalue weighted by Crippen LogP contribution is 2.23. The lowest BCUT2D eigenvalue weighted by Crippen LogP contribution is -2.30. The molecule has 2 N–H and O–H groups in total. The molecule has 106 valence electrons. The Hall–Kier alpha value is -2.38. The third kappa shape index (κ3) is 3.81. The summed E-state index contributed by atoms with van der Waals surface area (Å²) in [5.41, 5.74) is 0.554. The van der Waals surface area contributed by atoms with Crippen LogP contribution in [0.1, 0.15) is 23.7 Å². The van der Waals surface area contributed by atoms with Crippen LogP contribution in [0.5, 0.6) is 0 Å². The van der Waals surface area contributed by atoms with Gasteiger partial charge in [-0.05, 0) is 5.56 Å². The number of amides is 1. The van der Waals surface area contributed by atoms with Crippen molar-refractivity contribution in [3.63, 3.8) is 0 Å². The van der Waals surface area contributed by atoms with E-state index >= 15 is 0 Å². The minimum atomic E-state index is -2.56. The second-order valence-electron chi connectivity index (χ2n) is 4.14. The zero-order chi connectivity index (χ0) is 14.4. The predicted octanol–water partition coefficient (Wildman–Crippen LogP) is 1.25. The van der Waals surface area contributed by atoms with E-state index in [1.54, 1.807) is 30.3 Å². The highest BCUT2D eigenvalue weighted by atomic mass is 19.3. The van der Waals surface area contributed by atoms with Crippen molar-refractivity contribution in [2.24, 2.45) is 0 Å². The fourth-order valence-electron chi connectivity index (χ4n) is 1.80. The molecule has 0 saturated carbocycles. The molecule has 8 heteroatoms. The summed E-state index contributed by atoms with van der Waals surface area (Å²) < 4.78 is 25.2. The van der Waals surface area contributed by atoms with E-state index in [4.69, 9.17) is 0 Å². The Kier molecular flexibility index (Phi) is 4.70. The largest absolute Gasteiger partial charge is 0.348 e. The van der Waals surface area contributed by atoms with E-state index in [2.05, 4.69) is 25.9 Å². The molecule has 1 heterocycles. The van der Waals surface area contributed by atoms with E-state index in [0.717, 1.165) is 0 Å². The number of aromatic nitrogens is 4. The van der Waals surface area contributed by atoms with Crippen LogP contribution in [-0.4, -0.2) is 33.0 Å². The van der Waals surface area contributed by atoms with Crippen LogP contribution in [-0.2, 0) is 11.3 Å². The molecule has 0 fully saturated rings. The molecule has 0 aliphatic carbocycles. The molecule has 0 bridgehead atoms.